The van der Waals surface area contributed by atoms with Gasteiger partial charge in [0, 0.05) is 23.4 Å². The van der Waals surface area contributed by atoms with Crippen LogP contribution in [0.1, 0.15) is 46.2 Å². The van der Waals surface area contributed by atoms with Crippen LogP contribution in [0.15, 0.2) is 108 Å². The van der Waals surface area contributed by atoms with Crippen molar-refractivity contribution in [2.45, 2.75) is 31.9 Å². The molecule has 0 fully saturated rings. The molecule has 0 spiro atoms. The molecule has 0 aromatic heterocycles. The second kappa shape index (κ2) is 10.1. The van der Waals surface area contributed by atoms with Crippen molar-refractivity contribution in [3.05, 3.63) is 137 Å². The summed E-state index contributed by atoms with van der Waals surface area (Å²) in [7, 11) is 0. The normalized spacial score (nSPS) is 19.9. The molecule has 184 valence electrons. The number of nitrogens with zero attached hydrogens (tertiary/aromatic N) is 1. The molecule has 0 unspecified atom stereocenters. The van der Waals surface area contributed by atoms with Crippen LogP contribution >= 0.6 is 0 Å². The van der Waals surface area contributed by atoms with E-state index in [1.807, 2.05) is 30.5 Å². The highest BCUT2D eigenvalue weighted by Crippen LogP contribution is 2.50. The molecular formula is C33H29FN2O. The lowest BCUT2D eigenvalue weighted by atomic mass is 9.76. The smallest absolute Gasteiger partial charge is 0.128 e. The molecule has 0 radical (unpaired) electrons. The lowest BCUT2D eigenvalue weighted by Gasteiger charge is -2.37. The third kappa shape index (κ3) is 4.92. The fourth-order valence-electron chi connectivity index (χ4n) is 5.42. The summed E-state index contributed by atoms with van der Waals surface area (Å²) >= 11 is 0. The zero-order valence-corrected chi connectivity index (χ0v) is 20.8. The molecule has 0 saturated carbocycles. The minimum absolute atomic E-state index is 0.249. The molecule has 37 heavy (non-hydrogen) atoms. The first-order valence-corrected chi connectivity index (χ1v) is 12.8. The average molecular weight is 489 g/mol. The molecule has 4 aromatic rings. The zero-order valence-electron chi connectivity index (χ0n) is 20.8. The zero-order chi connectivity index (χ0) is 25.2. The molecule has 3 nitrogen and oxygen atoms in total. The van der Waals surface area contributed by atoms with Gasteiger partial charge in [0.05, 0.1) is 11.7 Å². The van der Waals surface area contributed by atoms with E-state index in [4.69, 9.17) is 9.73 Å². The molecule has 1 aliphatic heterocycles. The third-order valence-corrected chi connectivity index (χ3v) is 7.35. The molecule has 2 aliphatic rings. The number of hydrogen-bond donors (Lipinski definition) is 1. The van der Waals surface area contributed by atoms with Crippen molar-refractivity contribution in [1.82, 2.24) is 0 Å². The summed E-state index contributed by atoms with van der Waals surface area (Å²) < 4.78 is 19.2. The maximum atomic E-state index is 13.2. The summed E-state index contributed by atoms with van der Waals surface area (Å²) in [4.78, 5) is 4.71. The standard InChI is InChI=1S/C33H29FN2O/c1-22-9-18-31-30(19-22)28-6-4-7-29(28)33(36-31)24-12-16-27(17-13-24)35-20-25-5-2-3-8-32(25)37-21-23-10-14-26(34)15-11-23/h2-6,8-20,28-29,33,36H,7,21H2,1H3/t28-,29-,33+/m1/s1. The van der Waals surface area contributed by atoms with Gasteiger partial charge in [-0.3, -0.25) is 4.99 Å². The quantitative estimate of drug-likeness (QED) is 0.219. The number of fused-ring (bicyclic) bond motifs is 3. The van der Waals surface area contributed by atoms with Gasteiger partial charge in [-0.2, -0.15) is 0 Å². The Bertz CT molecular complexity index is 1460. The fourth-order valence-corrected chi connectivity index (χ4v) is 5.42. The Morgan fingerprint density at radius 2 is 1.78 bits per heavy atom. The van der Waals surface area contributed by atoms with Gasteiger partial charge < -0.3 is 10.1 Å². The Labute approximate surface area is 217 Å². The number of aliphatic imine (C=N–C) groups is 1. The lowest BCUT2D eigenvalue weighted by molar-refractivity contribution is 0.305. The Hall–Kier alpha value is -4.18. The predicted molar refractivity (Wildman–Crippen MR) is 148 cm³/mol. The van der Waals surface area contributed by atoms with E-state index in [0.29, 0.717) is 18.4 Å². The Morgan fingerprint density at radius 3 is 2.62 bits per heavy atom. The molecular weight excluding hydrogens is 459 g/mol. The van der Waals surface area contributed by atoms with Crippen molar-refractivity contribution >= 4 is 17.6 Å². The minimum Gasteiger partial charge on any atom is -0.488 e. The van der Waals surface area contributed by atoms with Gasteiger partial charge in [0.2, 0.25) is 0 Å². The molecule has 0 amide bonds. The van der Waals surface area contributed by atoms with Gasteiger partial charge in [-0.25, -0.2) is 4.39 Å². The number of para-hydroxylation sites is 1. The van der Waals surface area contributed by atoms with E-state index in [1.165, 1.54) is 34.5 Å². The van der Waals surface area contributed by atoms with Crippen LogP contribution in [0, 0.1) is 18.7 Å². The van der Waals surface area contributed by atoms with Crippen molar-refractivity contribution in [3.63, 3.8) is 0 Å². The molecule has 3 atom stereocenters. The van der Waals surface area contributed by atoms with E-state index < -0.39 is 0 Å². The highest BCUT2D eigenvalue weighted by molar-refractivity contribution is 5.85. The molecule has 1 aliphatic carbocycles. The Kier molecular flexibility index (Phi) is 6.32. The monoisotopic (exact) mass is 488 g/mol. The van der Waals surface area contributed by atoms with Gasteiger partial charge in [-0.15, -0.1) is 0 Å². The molecule has 6 rings (SSSR count). The molecule has 1 N–H and O–H groups in total. The molecule has 4 heteroatoms. The van der Waals surface area contributed by atoms with Crippen LogP contribution in [0.5, 0.6) is 5.75 Å². The number of benzene rings is 4. The fraction of sp³-hybridized carbons (Fsp3) is 0.182. The van der Waals surface area contributed by atoms with Crippen LogP contribution in [-0.4, -0.2) is 6.21 Å². The van der Waals surface area contributed by atoms with Gasteiger partial charge in [0.15, 0.2) is 0 Å². The van der Waals surface area contributed by atoms with E-state index in [9.17, 15) is 4.39 Å². The second-order valence-corrected chi connectivity index (χ2v) is 9.87. The van der Waals surface area contributed by atoms with Crippen molar-refractivity contribution in [1.29, 1.82) is 0 Å². The topological polar surface area (TPSA) is 33.6 Å². The molecule has 0 saturated heterocycles. The minimum atomic E-state index is -0.249. The number of aryl methyl sites for hydroxylation is 1. The summed E-state index contributed by atoms with van der Waals surface area (Å²) in [5.41, 5.74) is 7.95. The van der Waals surface area contributed by atoms with Crippen LogP contribution in [0.2, 0.25) is 0 Å². The second-order valence-electron chi connectivity index (χ2n) is 9.87. The number of anilines is 1. The van der Waals surface area contributed by atoms with Crippen LogP contribution < -0.4 is 10.1 Å². The van der Waals surface area contributed by atoms with Gasteiger partial charge in [-0.05, 0) is 78.4 Å². The number of allylic oxidation sites excluding steroid dienone is 2. The summed E-state index contributed by atoms with van der Waals surface area (Å²) in [6.45, 7) is 2.53. The SMILES string of the molecule is Cc1ccc2c(c1)[C@@H]1C=CC[C@H]1[C@H](c1ccc(N=Cc3ccccc3OCc3ccc(F)cc3)cc1)N2. The first-order valence-electron chi connectivity index (χ1n) is 12.8. The highest BCUT2D eigenvalue weighted by atomic mass is 19.1. The van der Waals surface area contributed by atoms with Crippen molar-refractivity contribution in [2.24, 2.45) is 10.9 Å². The van der Waals surface area contributed by atoms with E-state index in [1.54, 1.807) is 12.1 Å². The summed E-state index contributed by atoms with van der Waals surface area (Å²) in [5, 5.41) is 3.81. The lowest BCUT2D eigenvalue weighted by Crippen LogP contribution is -2.29. The summed E-state index contributed by atoms with van der Waals surface area (Å²) in [6, 6.07) is 29.7. The van der Waals surface area contributed by atoms with Gasteiger partial charge in [0.25, 0.3) is 0 Å². The van der Waals surface area contributed by atoms with Crippen molar-refractivity contribution in [2.75, 3.05) is 5.32 Å². The van der Waals surface area contributed by atoms with E-state index in [-0.39, 0.29) is 11.9 Å². The van der Waals surface area contributed by atoms with Crippen LogP contribution in [0.25, 0.3) is 0 Å². The largest absolute Gasteiger partial charge is 0.488 e. The highest BCUT2D eigenvalue weighted by Gasteiger charge is 2.37. The van der Waals surface area contributed by atoms with Crippen molar-refractivity contribution in [3.8, 4) is 5.75 Å². The van der Waals surface area contributed by atoms with Crippen LogP contribution in [0.4, 0.5) is 15.8 Å². The summed E-state index contributed by atoms with van der Waals surface area (Å²) in [6.07, 6.45) is 7.63. The Morgan fingerprint density at radius 1 is 0.973 bits per heavy atom. The van der Waals surface area contributed by atoms with Gasteiger partial charge in [0.1, 0.15) is 18.2 Å². The van der Waals surface area contributed by atoms with Gasteiger partial charge in [-0.1, -0.05) is 66.2 Å². The maximum absolute atomic E-state index is 13.2. The number of halogens is 1. The number of ether oxygens (including phenoxy) is 1. The number of nitrogens with one attached hydrogen (secondary N) is 1. The first kappa shape index (κ1) is 23.2. The predicted octanol–water partition coefficient (Wildman–Crippen LogP) is 8.29. The Balaban J connectivity index is 1.17. The average Bonchev–Trinajstić information content (AvgIpc) is 3.43. The first-order chi connectivity index (χ1) is 18.1. The molecule has 1 heterocycles. The third-order valence-electron chi connectivity index (χ3n) is 7.35. The maximum Gasteiger partial charge on any atom is 0.128 e. The molecule has 4 aromatic carbocycles. The number of rotatable bonds is 6. The summed E-state index contributed by atoms with van der Waals surface area (Å²) in [5.74, 6) is 1.48. The van der Waals surface area contributed by atoms with E-state index in [0.717, 1.165) is 29.0 Å². The number of hydrogen-bond acceptors (Lipinski definition) is 3. The van der Waals surface area contributed by atoms with Crippen LogP contribution in [0.3, 0.4) is 0 Å². The van der Waals surface area contributed by atoms with Crippen molar-refractivity contribution < 1.29 is 9.13 Å². The van der Waals surface area contributed by atoms with Gasteiger partial charge >= 0.3 is 0 Å². The molecule has 0 bridgehead atoms. The van der Waals surface area contributed by atoms with E-state index in [2.05, 4.69) is 66.9 Å². The van der Waals surface area contributed by atoms with Crippen LogP contribution in [-0.2, 0) is 6.61 Å². The van der Waals surface area contributed by atoms with E-state index >= 15 is 0 Å².